The molecule has 0 radical (unpaired) electrons. The van der Waals surface area contributed by atoms with Gasteiger partial charge in [-0.05, 0) is 42.9 Å². The molecule has 1 saturated carbocycles. The number of rotatable bonds is 0. The molecule has 2 aliphatic carbocycles. The van der Waals surface area contributed by atoms with Gasteiger partial charge in [0, 0.05) is 24.3 Å². The molecule has 0 amide bonds. The Kier molecular flexibility index (Phi) is 2.91. The summed E-state index contributed by atoms with van der Waals surface area (Å²) in [7, 11) is 0. The maximum atomic E-state index is 7.39. The minimum absolute atomic E-state index is 0.118. The Morgan fingerprint density at radius 2 is 2.09 bits per heavy atom. The Bertz CT molecular complexity index is 689. The van der Waals surface area contributed by atoms with Gasteiger partial charge < -0.3 is 14.8 Å². The van der Waals surface area contributed by atoms with E-state index in [0.717, 1.165) is 57.6 Å². The first kappa shape index (κ1) is 14.0. The van der Waals surface area contributed by atoms with Gasteiger partial charge in [0.05, 0.1) is 19.8 Å². The van der Waals surface area contributed by atoms with E-state index in [-0.39, 0.29) is 11.2 Å². The molecule has 2 aliphatic heterocycles. The van der Waals surface area contributed by atoms with Crippen LogP contribution in [0.1, 0.15) is 36.8 Å². The lowest BCUT2D eigenvalue weighted by molar-refractivity contribution is -0.207. The topological polar surface area (TPSA) is 34.9 Å². The van der Waals surface area contributed by atoms with Crippen molar-refractivity contribution in [3.63, 3.8) is 0 Å². The second kappa shape index (κ2) is 4.80. The van der Waals surface area contributed by atoms with Crippen LogP contribution in [-0.2, 0) is 21.3 Å². The first-order valence-electron chi connectivity index (χ1n) is 8.77. The van der Waals surface area contributed by atoms with Gasteiger partial charge in [-0.15, -0.1) is 0 Å². The van der Waals surface area contributed by atoms with E-state index in [1.165, 1.54) is 11.1 Å². The van der Waals surface area contributed by atoms with Gasteiger partial charge >= 0.3 is 0 Å². The Morgan fingerprint density at radius 1 is 1.22 bits per heavy atom. The number of nitrogens with zero attached hydrogens (tertiary/aromatic N) is 1. The van der Waals surface area contributed by atoms with Crippen molar-refractivity contribution in [2.75, 3.05) is 19.8 Å². The third-order valence-electron chi connectivity index (χ3n) is 6.61. The molecule has 0 unspecified atom stereocenters. The summed E-state index contributed by atoms with van der Waals surface area (Å²) in [4.78, 5) is 3.68. The van der Waals surface area contributed by atoms with Crippen LogP contribution >= 0.6 is 0 Å². The van der Waals surface area contributed by atoms with Crippen LogP contribution in [0.2, 0.25) is 0 Å². The molecule has 1 aromatic carbocycles. The van der Waals surface area contributed by atoms with Crippen molar-refractivity contribution in [2.45, 2.75) is 49.3 Å². The van der Waals surface area contributed by atoms with Gasteiger partial charge in [0.25, 0.3) is 0 Å². The predicted octanol–water partition coefficient (Wildman–Crippen LogP) is 2.94. The monoisotopic (exact) mass is 310 g/mol. The first-order valence-corrected chi connectivity index (χ1v) is 8.77. The zero-order valence-corrected chi connectivity index (χ0v) is 13.3. The fourth-order valence-electron chi connectivity index (χ4n) is 5.73. The number of ether oxygens (including phenoxy) is 2. The highest BCUT2D eigenvalue weighted by Gasteiger charge is 2.58. The molecule has 4 aliphatic rings. The third kappa shape index (κ3) is 1.88. The summed E-state index contributed by atoms with van der Waals surface area (Å²) in [6.45, 7) is 9.88. The summed E-state index contributed by atoms with van der Waals surface area (Å²) in [5, 5.41) is 3.75. The second-order valence-electron chi connectivity index (χ2n) is 7.55. The molecule has 4 nitrogen and oxygen atoms in total. The molecule has 23 heavy (non-hydrogen) atoms. The number of hydrogen-bond acceptors (Lipinski definition) is 3. The van der Waals surface area contributed by atoms with Crippen LogP contribution in [0.4, 0.5) is 5.69 Å². The SMILES string of the molecule is [C-]#[N+]c1ccc2c(c1)[C@]13CCN[C@H](C2)[C@@H]1CCC1(C3)OCCO1. The second-order valence-corrected chi connectivity index (χ2v) is 7.55. The molecule has 2 heterocycles. The van der Waals surface area contributed by atoms with Gasteiger partial charge in [-0.3, -0.25) is 0 Å². The van der Waals surface area contributed by atoms with Gasteiger partial charge in [0.1, 0.15) is 0 Å². The van der Waals surface area contributed by atoms with Crippen LogP contribution in [0.25, 0.3) is 4.85 Å². The van der Waals surface area contributed by atoms with Crippen LogP contribution in [0.3, 0.4) is 0 Å². The predicted molar refractivity (Wildman–Crippen MR) is 86.5 cm³/mol. The van der Waals surface area contributed by atoms with E-state index >= 15 is 0 Å². The largest absolute Gasteiger partial charge is 0.348 e. The summed E-state index contributed by atoms with van der Waals surface area (Å²) >= 11 is 0. The minimum Gasteiger partial charge on any atom is -0.348 e. The molecular weight excluding hydrogens is 288 g/mol. The molecule has 1 aromatic rings. The zero-order valence-electron chi connectivity index (χ0n) is 13.3. The smallest absolute Gasteiger partial charge is 0.187 e. The number of fused-ring (bicyclic) bond motifs is 1. The van der Waals surface area contributed by atoms with E-state index in [4.69, 9.17) is 16.0 Å². The van der Waals surface area contributed by atoms with E-state index in [0.29, 0.717) is 12.0 Å². The lowest BCUT2D eigenvalue weighted by Crippen LogP contribution is -2.63. The fourth-order valence-corrected chi connectivity index (χ4v) is 5.73. The number of piperidine rings is 1. The lowest BCUT2D eigenvalue weighted by atomic mass is 9.51. The van der Waals surface area contributed by atoms with E-state index < -0.39 is 0 Å². The highest BCUT2D eigenvalue weighted by atomic mass is 16.7. The molecule has 120 valence electrons. The van der Waals surface area contributed by atoms with Crippen LogP contribution in [0, 0.1) is 12.5 Å². The molecular formula is C19H22N2O2. The maximum absolute atomic E-state index is 7.39. The quantitative estimate of drug-likeness (QED) is 0.748. The molecule has 4 heteroatoms. The van der Waals surface area contributed by atoms with Crippen molar-refractivity contribution in [2.24, 2.45) is 5.92 Å². The van der Waals surface area contributed by atoms with Crippen molar-refractivity contribution in [3.8, 4) is 0 Å². The van der Waals surface area contributed by atoms with Crippen molar-refractivity contribution in [1.29, 1.82) is 0 Å². The van der Waals surface area contributed by atoms with Crippen LogP contribution in [0.5, 0.6) is 0 Å². The number of nitrogens with one attached hydrogen (secondary N) is 1. The van der Waals surface area contributed by atoms with E-state index in [1.54, 1.807) is 0 Å². The highest BCUT2D eigenvalue weighted by Crippen LogP contribution is 2.58. The van der Waals surface area contributed by atoms with Crippen molar-refractivity contribution < 1.29 is 9.47 Å². The molecule has 2 saturated heterocycles. The van der Waals surface area contributed by atoms with E-state index in [2.05, 4.69) is 22.3 Å². The Hall–Kier alpha value is -1.41. The Balaban J connectivity index is 1.67. The van der Waals surface area contributed by atoms with Gasteiger partial charge in [-0.2, -0.15) is 0 Å². The number of benzene rings is 1. The van der Waals surface area contributed by atoms with Gasteiger partial charge in [0.15, 0.2) is 11.5 Å². The molecule has 1 N–H and O–H groups in total. The van der Waals surface area contributed by atoms with Crippen molar-refractivity contribution >= 4 is 5.69 Å². The average Bonchev–Trinajstić information content (AvgIpc) is 3.01. The molecule has 5 rings (SSSR count). The summed E-state index contributed by atoms with van der Waals surface area (Å²) in [6, 6.07) is 6.87. The highest BCUT2D eigenvalue weighted by molar-refractivity contribution is 5.54. The Labute approximate surface area is 137 Å². The van der Waals surface area contributed by atoms with Crippen LogP contribution < -0.4 is 5.32 Å². The van der Waals surface area contributed by atoms with Gasteiger partial charge in [-0.1, -0.05) is 18.2 Å². The molecule has 3 atom stereocenters. The molecule has 3 fully saturated rings. The maximum Gasteiger partial charge on any atom is 0.187 e. The zero-order chi connectivity index (χ0) is 15.5. The number of hydrogen-bond donors (Lipinski definition) is 1. The normalized spacial score (nSPS) is 37.0. The van der Waals surface area contributed by atoms with E-state index in [1.807, 2.05) is 6.07 Å². The van der Waals surface area contributed by atoms with E-state index in [9.17, 15) is 0 Å². The molecule has 0 aromatic heterocycles. The van der Waals surface area contributed by atoms with Crippen LogP contribution in [-0.4, -0.2) is 31.6 Å². The first-order chi connectivity index (χ1) is 11.2. The van der Waals surface area contributed by atoms with Gasteiger partial charge in [-0.25, -0.2) is 4.85 Å². The molecule has 1 spiro atoms. The van der Waals surface area contributed by atoms with Crippen LogP contribution in [0.15, 0.2) is 18.2 Å². The van der Waals surface area contributed by atoms with Crippen molar-refractivity contribution in [1.82, 2.24) is 5.32 Å². The van der Waals surface area contributed by atoms with Gasteiger partial charge in [0.2, 0.25) is 0 Å². The minimum atomic E-state index is -0.374. The average molecular weight is 310 g/mol. The summed E-state index contributed by atoms with van der Waals surface area (Å²) in [6.07, 6.45) is 5.33. The summed E-state index contributed by atoms with van der Waals surface area (Å²) < 4.78 is 12.2. The third-order valence-corrected chi connectivity index (χ3v) is 6.61. The summed E-state index contributed by atoms with van der Waals surface area (Å²) in [5.41, 5.74) is 3.71. The standard InChI is InChI=1S/C19H22N2O2/c1-20-14-3-2-13-10-17-15-4-5-19(22-8-9-23-19)12-18(15,6-7-21-17)16(13)11-14/h2-3,11,15,17,21H,4-10,12H2/t15-,17+,18-/m0/s1. The summed E-state index contributed by atoms with van der Waals surface area (Å²) in [5.74, 6) is 0.268. The Morgan fingerprint density at radius 3 is 2.91 bits per heavy atom. The van der Waals surface area contributed by atoms with Crippen molar-refractivity contribution in [3.05, 3.63) is 40.7 Å². The molecule has 2 bridgehead atoms. The lowest BCUT2D eigenvalue weighted by Gasteiger charge is -2.59. The fraction of sp³-hybridized carbons (Fsp3) is 0.632.